The molecule has 0 bridgehead atoms. The maximum atomic E-state index is 12.7. The van der Waals surface area contributed by atoms with E-state index in [1.54, 1.807) is 38.4 Å². The van der Waals surface area contributed by atoms with Gasteiger partial charge < -0.3 is 9.47 Å². The summed E-state index contributed by atoms with van der Waals surface area (Å²) in [7, 11) is -0.113. The topological polar surface area (TPSA) is 59.1 Å². The highest BCUT2D eigenvalue weighted by molar-refractivity contribution is 7.89. The summed E-state index contributed by atoms with van der Waals surface area (Å²) in [6.07, 6.45) is 2.67. The minimum absolute atomic E-state index is 0.254. The van der Waals surface area contributed by atoms with Crippen LogP contribution in [0.15, 0.2) is 53.4 Å². The van der Waals surface area contributed by atoms with Gasteiger partial charge in [-0.1, -0.05) is 31.2 Å². The van der Waals surface area contributed by atoms with Gasteiger partial charge in [0, 0.05) is 25.2 Å². The average molecular weight is 433 g/mol. The van der Waals surface area contributed by atoms with Gasteiger partial charge in [-0.3, -0.25) is 4.90 Å². The Bertz CT molecular complexity index is 904. The summed E-state index contributed by atoms with van der Waals surface area (Å²) in [5.74, 6) is 1.76. The van der Waals surface area contributed by atoms with Crippen molar-refractivity contribution in [3.8, 4) is 11.5 Å². The molecule has 0 aliphatic carbocycles. The van der Waals surface area contributed by atoms with E-state index in [0.717, 1.165) is 49.4 Å². The van der Waals surface area contributed by atoms with Crippen LogP contribution in [0.4, 0.5) is 0 Å². The standard InChI is InChI=1S/C23H32N2O4S/c1-4-14-25(19-17-21-22(28-3)12-8-13-23(21)29-18-19)16-9-15-24(2)30(26,27)20-10-6-5-7-11-20/h5-8,10-13,19H,4,9,14-18H2,1-3H3. The molecule has 0 N–H and O–H groups in total. The molecule has 3 rings (SSSR count). The minimum atomic E-state index is -3.45. The fourth-order valence-electron chi connectivity index (χ4n) is 3.94. The number of hydrogen-bond donors (Lipinski definition) is 0. The number of benzene rings is 2. The molecule has 1 unspecified atom stereocenters. The van der Waals surface area contributed by atoms with Crippen molar-refractivity contribution in [1.82, 2.24) is 9.21 Å². The zero-order chi connectivity index (χ0) is 21.6. The van der Waals surface area contributed by atoms with E-state index >= 15 is 0 Å². The van der Waals surface area contributed by atoms with Gasteiger partial charge in [-0.05, 0) is 56.6 Å². The lowest BCUT2D eigenvalue weighted by atomic mass is 10.00. The summed E-state index contributed by atoms with van der Waals surface area (Å²) in [6, 6.07) is 14.8. The third-order valence-corrected chi connectivity index (χ3v) is 7.45. The number of methoxy groups -OCH3 is 1. The highest BCUT2D eigenvalue weighted by atomic mass is 32.2. The first-order chi connectivity index (χ1) is 14.5. The van der Waals surface area contributed by atoms with Crippen molar-refractivity contribution in [1.29, 1.82) is 0 Å². The Labute approximate surface area is 180 Å². The van der Waals surface area contributed by atoms with Crippen LogP contribution in [-0.4, -0.2) is 64.1 Å². The van der Waals surface area contributed by atoms with Crippen LogP contribution in [0.3, 0.4) is 0 Å². The molecule has 6 nitrogen and oxygen atoms in total. The molecule has 30 heavy (non-hydrogen) atoms. The lowest BCUT2D eigenvalue weighted by Gasteiger charge is -2.35. The number of rotatable bonds is 10. The molecule has 0 saturated heterocycles. The van der Waals surface area contributed by atoms with E-state index in [0.29, 0.717) is 18.0 Å². The van der Waals surface area contributed by atoms with Gasteiger partial charge in [0.1, 0.15) is 18.1 Å². The largest absolute Gasteiger partial charge is 0.496 e. The Morgan fingerprint density at radius 1 is 1.07 bits per heavy atom. The summed E-state index contributed by atoms with van der Waals surface area (Å²) < 4.78 is 38.4. The number of fused-ring (bicyclic) bond motifs is 1. The Hall–Kier alpha value is -2.09. The number of nitrogens with zero attached hydrogens (tertiary/aromatic N) is 2. The summed E-state index contributed by atoms with van der Waals surface area (Å²) in [5, 5.41) is 0. The van der Waals surface area contributed by atoms with Crippen molar-refractivity contribution in [2.45, 2.75) is 37.1 Å². The first-order valence-corrected chi connectivity index (χ1v) is 12.0. The molecular weight excluding hydrogens is 400 g/mol. The van der Waals surface area contributed by atoms with Gasteiger partial charge in [-0.15, -0.1) is 0 Å². The normalized spacial score (nSPS) is 16.4. The van der Waals surface area contributed by atoms with Crippen LogP contribution < -0.4 is 9.47 Å². The molecule has 1 heterocycles. The second-order valence-electron chi connectivity index (χ2n) is 7.64. The van der Waals surface area contributed by atoms with Crippen molar-refractivity contribution in [3.63, 3.8) is 0 Å². The van der Waals surface area contributed by atoms with Gasteiger partial charge in [-0.2, -0.15) is 0 Å². The molecule has 0 amide bonds. The Balaban J connectivity index is 1.61. The minimum Gasteiger partial charge on any atom is -0.496 e. The molecule has 2 aromatic carbocycles. The van der Waals surface area contributed by atoms with E-state index in [2.05, 4.69) is 11.8 Å². The Kier molecular flexibility index (Phi) is 7.75. The van der Waals surface area contributed by atoms with Crippen molar-refractivity contribution in [3.05, 3.63) is 54.1 Å². The summed E-state index contributed by atoms with van der Waals surface area (Å²) in [6.45, 7) is 5.05. The molecule has 1 aliphatic rings. The van der Waals surface area contributed by atoms with Crippen LogP contribution in [0.5, 0.6) is 11.5 Å². The van der Waals surface area contributed by atoms with Gasteiger partial charge in [0.15, 0.2) is 0 Å². The van der Waals surface area contributed by atoms with E-state index in [1.807, 2.05) is 24.3 Å². The van der Waals surface area contributed by atoms with E-state index in [-0.39, 0.29) is 6.04 Å². The van der Waals surface area contributed by atoms with E-state index in [4.69, 9.17) is 9.47 Å². The molecule has 0 radical (unpaired) electrons. The monoisotopic (exact) mass is 432 g/mol. The van der Waals surface area contributed by atoms with Crippen molar-refractivity contribution >= 4 is 10.0 Å². The van der Waals surface area contributed by atoms with Crippen molar-refractivity contribution < 1.29 is 17.9 Å². The average Bonchev–Trinajstić information content (AvgIpc) is 2.78. The van der Waals surface area contributed by atoms with Gasteiger partial charge in [0.05, 0.1) is 12.0 Å². The van der Waals surface area contributed by atoms with Crippen LogP contribution in [0.2, 0.25) is 0 Å². The highest BCUT2D eigenvalue weighted by Gasteiger charge is 2.27. The molecule has 1 aliphatic heterocycles. The molecule has 0 aromatic heterocycles. The second kappa shape index (κ2) is 10.3. The second-order valence-corrected chi connectivity index (χ2v) is 9.68. The lowest BCUT2D eigenvalue weighted by molar-refractivity contribution is 0.115. The predicted molar refractivity (Wildman–Crippen MR) is 119 cm³/mol. The Morgan fingerprint density at radius 2 is 1.83 bits per heavy atom. The highest BCUT2D eigenvalue weighted by Crippen LogP contribution is 2.34. The third kappa shape index (κ3) is 5.14. The zero-order valence-electron chi connectivity index (χ0n) is 18.1. The fourth-order valence-corrected chi connectivity index (χ4v) is 5.17. The van der Waals surface area contributed by atoms with Gasteiger partial charge in [0.2, 0.25) is 10.0 Å². The van der Waals surface area contributed by atoms with Crippen LogP contribution in [0.25, 0.3) is 0 Å². The van der Waals surface area contributed by atoms with Crippen molar-refractivity contribution in [2.75, 3.05) is 40.4 Å². The van der Waals surface area contributed by atoms with Gasteiger partial charge in [-0.25, -0.2) is 12.7 Å². The zero-order valence-corrected chi connectivity index (χ0v) is 18.9. The first kappa shape index (κ1) is 22.6. The summed E-state index contributed by atoms with van der Waals surface area (Å²) in [4.78, 5) is 2.75. The first-order valence-electron chi connectivity index (χ1n) is 10.5. The maximum absolute atomic E-state index is 12.7. The Morgan fingerprint density at radius 3 is 2.53 bits per heavy atom. The molecule has 0 spiro atoms. The summed E-state index contributed by atoms with van der Waals surface area (Å²) >= 11 is 0. The van der Waals surface area contributed by atoms with E-state index in [1.165, 1.54) is 4.31 Å². The van der Waals surface area contributed by atoms with Crippen LogP contribution in [-0.2, 0) is 16.4 Å². The molecule has 0 fully saturated rings. The van der Waals surface area contributed by atoms with E-state index < -0.39 is 10.0 Å². The number of sulfonamides is 1. The van der Waals surface area contributed by atoms with Crippen LogP contribution in [0.1, 0.15) is 25.3 Å². The third-order valence-electron chi connectivity index (χ3n) is 5.58. The van der Waals surface area contributed by atoms with Gasteiger partial charge in [0.25, 0.3) is 0 Å². The molecule has 1 atom stereocenters. The SMILES string of the molecule is CCCN(CCCN(C)S(=O)(=O)c1ccccc1)C1COc2cccc(OC)c2C1. The number of hydrogen-bond acceptors (Lipinski definition) is 5. The molecule has 2 aromatic rings. The molecular formula is C23H32N2O4S. The lowest BCUT2D eigenvalue weighted by Crippen LogP contribution is -2.44. The summed E-state index contributed by atoms with van der Waals surface area (Å²) in [5.41, 5.74) is 1.11. The van der Waals surface area contributed by atoms with Crippen LogP contribution in [0, 0.1) is 0 Å². The van der Waals surface area contributed by atoms with Crippen molar-refractivity contribution in [2.24, 2.45) is 0 Å². The number of ether oxygens (including phenoxy) is 2. The fraction of sp³-hybridized carbons (Fsp3) is 0.478. The van der Waals surface area contributed by atoms with E-state index in [9.17, 15) is 8.42 Å². The maximum Gasteiger partial charge on any atom is 0.242 e. The van der Waals surface area contributed by atoms with Gasteiger partial charge >= 0.3 is 0 Å². The smallest absolute Gasteiger partial charge is 0.242 e. The predicted octanol–water partition coefficient (Wildman–Crippen LogP) is 3.42. The quantitative estimate of drug-likeness (QED) is 0.576. The molecule has 7 heteroatoms. The molecule has 0 saturated carbocycles. The molecule has 164 valence electrons. The van der Waals surface area contributed by atoms with Crippen LogP contribution >= 0.6 is 0 Å².